The number of benzene rings is 1. The summed E-state index contributed by atoms with van der Waals surface area (Å²) in [6.07, 6.45) is 2.74. The van der Waals surface area contributed by atoms with Crippen LogP contribution in [-0.2, 0) is 4.79 Å². The van der Waals surface area contributed by atoms with E-state index in [9.17, 15) is 4.79 Å². The molecule has 0 saturated carbocycles. The van der Waals surface area contributed by atoms with Crippen molar-refractivity contribution >= 4 is 22.9 Å². The molecule has 21 heavy (non-hydrogen) atoms. The van der Waals surface area contributed by atoms with Gasteiger partial charge in [-0.15, -0.1) is 0 Å². The summed E-state index contributed by atoms with van der Waals surface area (Å²) in [6, 6.07) is 10.6. The fourth-order valence-corrected chi connectivity index (χ4v) is 2.86. The summed E-state index contributed by atoms with van der Waals surface area (Å²) in [4.78, 5) is 10.7. The van der Waals surface area contributed by atoms with Gasteiger partial charge in [0.05, 0.1) is 0 Å². The molecule has 1 aromatic heterocycles. The summed E-state index contributed by atoms with van der Waals surface area (Å²) in [7, 11) is 0. The van der Waals surface area contributed by atoms with Crippen LogP contribution in [0.3, 0.4) is 0 Å². The van der Waals surface area contributed by atoms with Crippen LogP contribution in [0.4, 0.5) is 0 Å². The third-order valence-corrected chi connectivity index (χ3v) is 4.11. The zero-order valence-electron chi connectivity index (χ0n) is 12.4. The lowest BCUT2D eigenvalue weighted by Crippen LogP contribution is -1.94. The maximum absolute atomic E-state index is 10.7. The second-order valence-corrected chi connectivity index (χ2v) is 6.12. The number of carboxylic acids is 1. The molecular formula is C18H20O2S. The Hall–Kier alpha value is -1.87. The highest BCUT2D eigenvalue weighted by atomic mass is 32.1. The van der Waals surface area contributed by atoms with Crippen molar-refractivity contribution in [1.29, 1.82) is 0 Å². The van der Waals surface area contributed by atoms with Crippen LogP contribution in [0.25, 0.3) is 5.57 Å². The van der Waals surface area contributed by atoms with Crippen LogP contribution < -0.4 is 0 Å². The summed E-state index contributed by atoms with van der Waals surface area (Å²) in [5.74, 6) is -0.245. The van der Waals surface area contributed by atoms with Gasteiger partial charge in [-0.1, -0.05) is 44.2 Å². The molecule has 0 aliphatic carbocycles. The Balaban J connectivity index is 2.29. The second-order valence-electron chi connectivity index (χ2n) is 5.34. The predicted molar refractivity (Wildman–Crippen MR) is 88.8 cm³/mol. The maximum Gasteiger partial charge on any atom is 0.303 e. The standard InChI is InChI=1S/C18H20O2S/c1-13(2)14-6-8-15(9-7-14)17(4-3-5-18(19)20)16-10-11-21-12-16/h4,6-13H,3,5H2,1-2H3,(H,19,20). The van der Waals surface area contributed by atoms with Crippen LogP contribution in [0.5, 0.6) is 0 Å². The number of hydrogen-bond acceptors (Lipinski definition) is 2. The molecule has 0 atom stereocenters. The summed E-state index contributed by atoms with van der Waals surface area (Å²) >= 11 is 1.65. The molecule has 0 saturated heterocycles. The summed E-state index contributed by atoms with van der Waals surface area (Å²) in [5.41, 5.74) is 4.73. The number of aliphatic carboxylic acids is 1. The van der Waals surface area contributed by atoms with E-state index >= 15 is 0 Å². The van der Waals surface area contributed by atoms with Gasteiger partial charge in [-0.3, -0.25) is 4.79 Å². The van der Waals surface area contributed by atoms with Gasteiger partial charge in [0.1, 0.15) is 0 Å². The van der Waals surface area contributed by atoms with E-state index in [1.807, 2.05) is 11.5 Å². The van der Waals surface area contributed by atoms with Crippen molar-refractivity contribution in [2.75, 3.05) is 0 Å². The van der Waals surface area contributed by atoms with Crippen LogP contribution in [0.1, 0.15) is 49.3 Å². The van der Waals surface area contributed by atoms with Gasteiger partial charge in [-0.2, -0.15) is 11.3 Å². The monoisotopic (exact) mass is 300 g/mol. The minimum atomic E-state index is -0.758. The molecule has 0 bridgehead atoms. The van der Waals surface area contributed by atoms with Crippen molar-refractivity contribution in [3.8, 4) is 0 Å². The molecule has 0 spiro atoms. The first-order valence-corrected chi connectivity index (χ1v) is 8.07. The van der Waals surface area contributed by atoms with Crippen molar-refractivity contribution in [2.24, 2.45) is 0 Å². The van der Waals surface area contributed by atoms with E-state index in [1.165, 1.54) is 5.56 Å². The minimum Gasteiger partial charge on any atom is -0.481 e. The molecule has 0 fully saturated rings. The predicted octanol–water partition coefficient (Wildman–Crippen LogP) is 5.17. The van der Waals surface area contributed by atoms with Gasteiger partial charge in [-0.25, -0.2) is 0 Å². The quantitative estimate of drug-likeness (QED) is 0.799. The highest BCUT2D eigenvalue weighted by molar-refractivity contribution is 7.08. The largest absolute Gasteiger partial charge is 0.481 e. The summed E-state index contributed by atoms with van der Waals surface area (Å²) in [6.45, 7) is 4.36. The molecule has 1 aromatic carbocycles. The highest BCUT2D eigenvalue weighted by Crippen LogP contribution is 2.27. The van der Waals surface area contributed by atoms with Gasteiger partial charge in [0.2, 0.25) is 0 Å². The first kappa shape index (κ1) is 15.5. The molecular weight excluding hydrogens is 280 g/mol. The van der Waals surface area contributed by atoms with Crippen LogP contribution in [0.15, 0.2) is 47.2 Å². The van der Waals surface area contributed by atoms with Crippen molar-refractivity contribution in [1.82, 2.24) is 0 Å². The van der Waals surface area contributed by atoms with Gasteiger partial charge in [0.25, 0.3) is 0 Å². The van der Waals surface area contributed by atoms with Crippen LogP contribution >= 0.6 is 11.3 Å². The van der Waals surface area contributed by atoms with Gasteiger partial charge in [0.15, 0.2) is 0 Å². The zero-order valence-corrected chi connectivity index (χ0v) is 13.2. The van der Waals surface area contributed by atoms with Gasteiger partial charge >= 0.3 is 5.97 Å². The van der Waals surface area contributed by atoms with Gasteiger partial charge in [0, 0.05) is 6.42 Å². The lowest BCUT2D eigenvalue weighted by molar-refractivity contribution is -0.136. The smallest absolute Gasteiger partial charge is 0.303 e. The number of thiophene rings is 1. The summed E-state index contributed by atoms with van der Waals surface area (Å²) in [5, 5.41) is 12.9. The Bertz CT molecular complexity index is 607. The second kappa shape index (κ2) is 7.23. The lowest BCUT2D eigenvalue weighted by atomic mass is 9.95. The summed E-state index contributed by atoms with van der Waals surface area (Å²) < 4.78 is 0. The molecule has 0 aliphatic heterocycles. The SMILES string of the molecule is CC(C)c1ccc(C(=CCCC(=O)O)c2ccsc2)cc1. The Labute approximate surface area is 129 Å². The number of carbonyl (C=O) groups is 1. The van der Waals surface area contributed by atoms with E-state index in [1.54, 1.807) is 11.3 Å². The molecule has 0 radical (unpaired) electrons. The zero-order chi connectivity index (χ0) is 15.2. The van der Waals surface area contributed by atoms with Crippen LogP contribution in [0.2, 0.25) is 0 Å². The normalized spacial score (nSPS) is 11.9. The van der Waals surface area contributed by atoms with Crippen molar-refractivity contribution < 1.29 is 9.90 Å². The topological polar surface area (TPSA) is 37.3 Å². The third-order valence-electron chi connectivity index (χ3n) is 3.43. The van der Waals surface area contributed by atoms with E-state index in [4.69, 9.17) is 5.11 Å². The minimum absolute atomic E-state index is 0.164. The molecule has 1 heterocycles. The first-order chi connectivity index (χ1) is 10.1. The average Bonchev–Trinajstić information content (AvgIpc) is 2.97. The van der Waals surface area contributed by atoms with Crippen LogP contribution in [-0.4, -0.2) is 11.1 Å². The molecule has 0 unspecified atom stereocenters. The molecule has 110 valence electrons. The van der Waals surface area contributed by atoms with Crippen molar-refractivity contribution in [2.45, 2.75) is 32.6 Å². The molecule has 0 amide bonds. The fourth-order valence-electron chi connectivity index (χ4n) is 2.21. The van der Waals surface area contributed by atoms with Crippen LogP contribution in [0, 0.1) is 0 Å². The highest BCUT2D eigenvalue weighted by Gasteiger charge is 2.07. The Kier molecular flexibility index (Phi) is 5.34. The Morgan fingerprint density at radius 2 is 1.90 bits per heavy atom. The average molecular weight is 300 g/mol. The van der Waals surface area contributed by atoms with E-state index in [-0.39, 0.29) is 6.42 Å². The van der Waals surface area contributed by atoms with E-state index in [0.717, 1.165) is 16.7 Å². The number of hydrogen-bond donors (Lipinski definition) is 1. The fraction of sp³-hybridized carbons (Fsp3) is 0.278. The number of allylic oxidation sites excluding steroid dienone is 1. The van der Waals surface area contributed by atoms with Crippen molar-refractivity contribution in [3.63, 3.8) is 0 Å². The Morgan fingerprint density at radius 1 is 1.19 bits per heavy atom. The van der Waals surface area contributed by atoms with Crippen molar-refractivity contribution in [3.05, 3.63) is 63.9 Å². The molecule has 2 aromatic rings. The molecule has 1 N–H and O–H groups in total. The first-order valence-electron chi connectivity index (χ1n) is 7.13. The van der Waals surface area contributed by atoms with Gasteiger partial charge in [-0.05, 0) is 51.4 Å². The van der Waals surface area contributed by atoms with E-state index < -0.39 is 5.97 Å². The molecule has 0 aliphatic rings. The molecule has 3 heteroatoms. The van der Waals surface area contributed by atoms with E-state index in [2.05, 4.69) is 49.6 Å². The third kappa shape index (κ3) is 4.30. The number of carboxylic acid groups (broad SMARTS) is 1. The van der Waals surface area contributed by atoms with E-state index in [0.29, 0.717) is 12.3 Å². The molecule has 2 nitrogen and oxygen atoms in total. The Morgan fingerprint density at radius 3 is 2.43 bits per heavy atom. The molecule has 2 rings (SSSR count). The van der Waals surface area contributed by atoms with Gasteiger partial charge < -0.3 is 5.11 Å². The number of rotatable bonds is 6. The maximum atomic E-state index is 10.7. The lowest BCUT2D eigenvalue weighted by Gasteiger charge is -2.10.